The molecule has 0 spiro atoms. The van der Waals surface area contributed by atoms with Crippen molar-refractivity contribution < 1.29 is 0 Å². The second-order valence-corrected chi connectivity index (χ2v) is 5.37. The fourth-order valence-corrected chi connectivity index (χ4v) is 2.75. The number of nitrogen functional groups attached to an aromatic ring is 1. The third-order valence-corrected chi connectivity index (χ3v) is 3.82. The van der Waals surface area contributed by atoms with Crippen molar-refractivity contribution in [1.29, 1.82) is 0 Å². The minimum absolute atomic E-state index is 0.919. The normalized spacial score (nSPS) is 20.9. The van der Waals surface area contributed by atoms with Crippen molar-refractivity contribution in [3.63, 3.8) is 0 Å². The average molecular weight is 232 g/mol. The van der Waals surface area contributed by atoms with Gasteiger partial charge in [-0.2, -0.15) is 0 Å². The maximum atomic E-state index is 5.95. The lowest BCUT2D eigenvalue weighted by molar-refractivity contribution is 0.313. The Morgan fingerprint density at radius 3 is 2.94 bits per heavy atom. The van der Waals surface area contributed by atoms with Crippen LogP contribution in [-0.4, -0.2) is 18.0 Å². The van der Waals surface area contributed by atoms with Gasteiger partial charge < -0.3 is 5.73 Å². The summed E-state index contributed by atoms with van der Waals surface area (Å²) in [6, 6.07) is 6.46. The van der Waals surface area contributed by atoms with Crippen molar-refractivity contribution in [3.8, 4) is 0 Å². The van der Waals surface area contributed by atoms with E-state index in [1.54, 1.807) is 0 Å². The highest BCUT2D eigenvalue weighted by Gasteiger charge is 2.21. The molecule has 1 atom stereocenters. The van der Waals surface area contributed by atoms with Crippen molar-refractivity contribution in [3.05, 3.63) is 29.3 Å². The Balaban J connectivity index is 1.91. The number of anilines is 1. The van der Waals surface area contributed by atoms with E-state index in [9.17, 15) is 0 Å². The van der Waals surface area contributed by atoms with E-state index < -0.39 is 0 Å². The molecule has 1 saturated heterocycles. The third-order valence-electron chi connectivity index (χ3n) is 3.82. The molecule has 0 saturated carbocycles. The van der Waals surface area contributed by atoms with Gasteiger partial charge in [-0.05, 0) is 49.4 Å². The summed E-state index contributed by atoms with van der Waals surface area (Å²) < 4.78 is 0. The number of hydrogen-bond donors (Lipinski definition) is 1. The monoisotopic (exact) mass is 232 g/mol. The summed E-state index contributed by atoms with van der Waals surface area (Å²) in [7, 11) is 0. The Bertz CT molecular complexity index is 373. The van der Waals surface area contributed by atoms with Crippen molar-refractivity contribution >= 4 is 5.69 Å². The SMILES string of the molecule is CCCC1CCN(Cc2ccc(C)c(N)c2)C1. The molecule has 0 radical (unpaired) electrons. The molecule has 1 aliphatic heterocycles. The fraction of sp³-hybridized carbons (Fsp3) is 0.600. The zero-order valence-electron chi connectivity index (χ0n) is 11.1. The summed E-state index contributed by atoms with van der Waals surface area (Å²) in [5.41, 5.74) is 9.41. The molecule has 0 aliphatic carbocycles. The summed E-state index contributed by atoms with van der Waals surface area (Å²) >= 11 is 0. The Morgan fingerprint density at radius 1 is 1.41 bits per heavy atom. The fourth-order valence-electron chi connectivity index (χ4n) is 2.75. The molecular weight excluding hydrogens is 208 g/mol. The number of benzene rings is 1. The summed E-state index contributed by atoms with van der Waals surface area (Å²) in [5, 5.41) is 0. The minimum Gasteiger partial charge on any atom is -0.399 e. The molecular formula is C15H24N2. The van der Waals surface area contributed by atoms with Crippen LogP contribution >= 0.6 is 0 Å². The number of hydrogen-bond acceptors (Lipinski definition) is 2. The van der Waals surface area contributed by atoms with Gasteiger partial charge in [-0.1, -0.05) is 25.5 Å². The maximum absolute atomic E-state index is 5.95. The van der Waals surface area contributed by atoms with Gasteiger partial charge in [0, 0.05) is 18.8 Å². The standard InChI is InChI=1S/C15H24N2/c1-3-4-13-7-8-17(10-13)11-14-6-5-12(2)15(16)9-14/h5-6,9,13H,3-4,7-8,10-11,16H2,1-2H3. The average Bonchev–Trinajstić information content (AvgIpc) is 2.72. The van der Waals surface area contributed by atoms with Crippen LogP contribution in [0.15, 0.2) is 18.2 Å². The zero-order chi connectivity index (χ0) is 12.3. The molecule has 1 heterocycles. The number of aryl methyl sites for hydroxylation is 1. The molecule has 0 aromatic heterocycles. The largest absolute Gasteiger partial charge is 0.399 e. The van der Waals surface area contributed by atoms with E-state index in [2.05, 4.69) is 36.9 Å². The molecule has 2 nitrogen and oxygen atoms in total. The van der Waals surface area contributed by atoms with Gasteiger partial charge in [-0.25, -0.2) is 0 Å². The first-order valence-corrected chi connectivity index (χ1v) is 6.76. The lowest BCUT2D eigenvalue weighted by Crippen LogP contribution is -2.20. The highest BCUT2D eigenvalue weighted by molar-refractivity contribution is 5.48. The molecule has 1 aliphatic rings. The topological polar surface area (TPSA) is 29.3 Å². The highest BCUT2D eigenvalue weighted by atomic mass is 15.1. The Hall–Kier alpha value is -1.02. The van der Waals surface area contributed by atoms with E-state index in [0.29, 0.717) is 0 Å². The van der Waals surface area contributed by atoms with Crippen LogP contribution in [0.25, 0.3) is 0 Å². The lowest BCUT2D eigenvalue weighted by atomic mass is 10.0. The molecule has 1 unspecified atom stereocenters. The minimum atomic E-state index is 0.919. The number of rotatable bonds is 4. The number of nitrogens with zero attached hydrogens (tertiary/aromatic N) is 1. The van der Waals surface area contributed by atoms with Gasteiger partial charge in [-0.15, -0.1) is 0 Å². The molecule has 0 bridgehead atoms. The molecule has 1 fully saturated rings. The zero-order valence-corrected chi connectivity index (χ0v) is 11.1. The Kier molecular flexibility index (Phi) is 4.06. The Labute approximate surface area is 105 Å². The van der Waals surface area contributed by atoms with Crippen LogP contribution in [0.5, 0.6) is 0 Å². The first kappa shape index (κ1) is 12.4. The molecule has 94 valence electrons. The van der Waals surface area contributed by atoms with E-state index in [1.165, 1.54) is 43.5 Å². The lowest BCUT2D eigenvalue weighted by Gasteiger charge is -2.16. The summed E-state index contributed by atoms with van der Waals surface area (Å²) in [6.45, 7) is 7.92. The van der Waals surface area contributed by atoms with Gasteiger partial charge in [-0.3, -0.25) is 4.90 Å². The van der Waals surface area contributed by atoms with E-state index in [0.717, 1.165) is 18.2 Å². The maximum Gasteiger partial charge on any atom is 0.0346 e. The first-order valence-electron chi connectivity index (χ1n) is 6.76. The van der Waals surface area contributed by atoms with Crippen LogP contribution < -0.4 is 5.73 Å². The third kappa shape index (κ3) is 3.22. The van der Waals surface area contributed by atoms with Crippen molar-refractivity contribution in [1.82, 2.24) is 4.90 Å². The van der Waals surface area contributed by atoms with Gasteiger partial charge in [0.15, 0.2) is 0 Å². The smallest absolute Gasteiger partial charge is 0.0346 e. The molecule has 2 N–H and O–H groups in total. The van der Waals surface area contributed by atoms with Gasteiger partial charge in [0.2, 0.25) is 0 Å². The van der Waals surface area contributed by atoms with Crippen LogP contribution in [0, 0.1) is 12.8 Å². The van der Waals surface area contributed by atoms with Crippen LogP contribution in [-0.2, 0) is 6.54 Å². The molecule has 2 heteroatoms. The number of likely N-dealkylation sites (tertiary alicyclic amines) is 1. The molecule has 17 heavy (non-hydrogen) atoms. The predicted molar refractivity (Wildman–Crippen MR) is 73.9 cm³/mol. The second kappa shape index (κ2) is 5.54. The van der Waals surface area contributed by atoms with Crippen LogP contribution in [0.3, 0.4) is 0 Å². The predicted octanol–water partition coefficient (Wildman–Crippen LogP) is 3.20. The molecule has 0 amide bonds. The first-order chi connectivity index (χ1) is 8.19. The van der Waals surface area contributed by atoms with Crippen molar-refractivity contribution in [2.45, 2.75) is 39.7 Å². The van der Waals surface area contributed by atoms with E-state index in [-0.39, 0.29) is 0 Å². The summed E-state index contributed by atoms with van der Waals surface area (Å²) in [6.07, 6.45) is 4.07. The quantitative estimate of drug-likeness (QED) is 0.808. The molecule has 1 aromatic rings. The van der Waals surface area contributed by atoms with E-state index in [1.807, 2.05) is 0 Å². The summed E-state index contributed by atoms with van der Waals surface area (Å²) in [4.78, 5) is 2.56. The van der Waals surface area contributed by atoms with E-state index in [4.69, 9.17) is 5.73 Å². The molecule has 2 rings (SSSR count). The van der Waals surface area contributed by atoms with Gasteiger partial charge in [0.25, 0.3) is 0 Å². The second-order valence-electron chi connectivity index (χ2n) is 5.37. The van der Waals surface area contributed by atoms with Crippen LogP contribution in [0.1, 0.15) is 37.3 Å². The van der Waals surface area contributed by atoms with Crippen LogP contribution in [0.4, 0.5) is 5.69 Å². The van der Waals surface area contributed by atoms with Crippen molar-refractivity contribution in [2.75, 3.05) is 18.8 Å². The number of nitrogens with two attached hydrogens (primary N) is 1. The molecule has 1 aromatic carbocycles. The van der Waals surface area contributed by atoms with E-state index >= 15 is 0 Å². The van der Waals surface area contributed by atoms with Crippen molar-refractivity contribution in [2.24, 2.45) is 5.92 Å². The highest BCUT2D eigenvalue weighted by Crippen LogP contribution is 2.23. The van der Waals surface area contributed by atoms with Crippen LogP contribution in [0.2, 0.25) is 0 Å². The van der Waals surface area contributed by atoms with Gasteiger partial charge in [0.05, 0.1) is 0 Å². The van der Waals surface area contributed by atoms with Gasteiger partial charge in [0.1, 0.15) is 0 Å². The Morgan fingerprint density at radius 2 is 2.24 bits per heavy atom. The summed E-state index contributed by atoms with van der Waals surface area (Å²) in [5.74, 6) is 0.919. The van der Waals surface area contributed by atoms with Gasteiger partial charge >= 0.3 is 0 Å².